The van der Waals surface area contributed by atoms with Gasteiger partial charge in [-0.25, -0.2) is 0 Å². The van der Waals surface area contributed by atoms with Crippen molar-refractivity contribution in [1.29, 1.82) is 0 Å². The van der Waals surface area contributed by atoms with Crippen LogP contribution in [0.15, 0.2) is 22.7 Å². The van der Waals surface area contributed by atoms with Crippen molar-refractivity contribution in [2.75, 3.05) is 31.9 Å². The Balaban J connectivity index is 1.69. The topological polar surface area (TPSA) is 49.6 Å². The van der Waals surface area contributed by atoms with Crippen molar-refractivity contribution in [3.63, 3.8) is 0 Å². The molecule has 2 fully saturated rings. The van der Waals surface area contributed by atoms with E-state index in [1.807, 2.05) is 17.0 Å². The lowest BCUT2D eigenvalue weighted by Gasteiger charge is -2.23. The smallest absolute Gasteiger partial charge is 0.255 e. The fourth-order valence-corrected chi connectivity index (χ4v) is 3.61. The lowest BCUT2D eigenvalue weighted by atomic mass is 10.1. The molecule has 108 valence electrons. The van der Waals surface area contributed by atoms with Crippen LogP contribution in [0.1, 0.15) is 29.6 Å². The number of rotatable bonds is 2. The number of anilines is 1. The zero-order valence-corrected chi connectivity index (χ0v) is 13.1. The Bertz CT molecular complexity index is 514. The second kappa shape index (κ2) is 5.74. The van der Waals surface area contributed by atoms with Gasteiger partial charge in [0.25, 0.3) is 5.91 Å². The van der Waals surface area contributed by atoms with E-state index >= 15 is 0 Å². The average Bonchev–Trinajstić information content (AvgIpc) is 3.09. The summed E-state index contributed by atoms with van der Waals surface area (Å²) in [6, 6.07) is 6.02. The molecule has 0 aliphatic carbocycles. The predicted molar refractivity (Wildman–Crippen MR) is 83.7 cm³/mol. The van der Waals surface area contributed by atoms with Crippen LogP contribution >= 0.6 is 15.9 Å². The largest absolute Gasteiger partial charge is 0.398 e. The maximum Gasteiger partial charge on any atom is 0.255 e. The Morgan fingerprint density at radius 2 is 2.00 bits per heavy atom. The van der Waals surface area contributed by atoms with Crippen molar-refractivity contribution in [2.24, 2.45) is 0 Å². The molecule has 0 aromatic heterocycles. The summed E-state index contributed by atoms with van der Waals surface area (Å²) in [5.41, 5.74) is 7.13. The first-order valence-corrected chi connectivity index (χ1v) is 8.03. The second-order valence-electron chi connectivity index (χ2n) is 5.67. The molecule has 2 aliphatic heterocycles. The summed E-state index contributed by atoms with van der Waals surface area (Å²) in [5.74, 6) is 0.0664. The molecule has 3 rings (SSSR count). The third-order valence-corrected chi connectivity index (χ3v) is 4.84. The number of carbonyl (C=O) groups is 1. The SMILES string of the molecule is Nc1cc(Br)ccc1C(=O)N1CCC(N2CCCC2)C1. The first kappa shape index (κ1) is 13.9. The number of hydrogen-bond acceptors (Lipinski definition) is 3. The van der Waals surface area contributed by atoms with Crippen molar-refractivity contribution in [3.8, 4) is 0 Å². The number of nitrogen functional groups attached to an aromatic ring is 1. The van der Waals surface area contributed by atoms with E-state index in [2.05, 4.69) is 20.8 Å². The van der Waals surface area contributed by atoms with E-state index in [-0.39, 0.29) is 5.91 Å². The summed E-state index contributed by atoms with van der Waals surface area (Å²) in [5, 5.41) is 0. The summed E-state index contributed by atoms with van der Waals surface area (Å²) in [6.45, 7) is 4.06. The summed E-state index contributed by atoms with van der Waals surface area (Å²) >= 11 is 3.37. The van der Waals surface area contributed by atoms with Gasteiger partial charge in [-0.1, -0.05) is 15.9 Å². The lowest BCUT2D eigenvalue weighted by molar-refractivity contribution is 0.0781. The fraction of sp³-hybridized carbons (Fsp3) is 0.533. The Morgan fingerprint density at radius 3 is 2.70 bits per heavy atom. The molecule has 1 aromatic carbocycles. The van der Waals surface area contributed by atoms with Crippen molar-refractivity contribution >= 4 is 27.5 Å². The Kier molecular flexibility index (Phi) is 3.98. The van der Waals surface area contributed by atoms with Gasteiger partial charge in [-0.15, -0.1) is 0 Å². The molecule has 2 saturated heterocycles. The van der Waals surface area contributed by atoms with Gasteiger partial charge < -0.3 is 10.6 Å². The number of nitrogens with two attached hydrogens (primary N) is 1. The number of halogens is 1. The van der Waals surface area contributed by atoms with Crippen LogP contribution < -0.4 is 5.73 Å². The lowest BCUT2D eigenvalue weighted by Crippen LogP contribution is -2.37. The Morgan fingerprint density at radius 1 is 1.25 bits per heavy atom. The summed E-state index contributed by atoms with van der Waals surface area (Å²) in [7, 11) is 0. The molecule has 0 spiro atoms. The zero-order chi connectivity index (χ0) is 14.1. The van der Waals surface area contributed by atoms with Crippen LogP contribution in [-0.4, -0.2) is 47.9 Å². The zero-order valence-electron chi connectivity index (χ0n) is 11.5. The van der Waals surface area contributed by atoms with Crippen LogP contribution in [0, 0.1) is 0 Å². The molecule has 2 N–H and O–H groups in total. The highest BCUT2D eigenvalue weighted by atomic mass is 79.9. The van der Waals surface area contributed by atoms with Gasteiger partial charge in [0.05, 0.1) is 5.56 Å². The molecule has 4 nitrogen and oxygen atoms in total. The first-order valence-electron chi connectivity index (χ1n) is 7.23. The van der Waals surface area contributed by atoms with Crippen molar-refractivity contribution in [3.05, 3.63) is 28.2 Å². The van der Waals surface area contributed by atoms with Crippen LogP contribution in [0.4, 0.5) is 5.69 Å². The number of nitrogens with zero attached hydrogens (tertiary/aromatic N) is 2. The van der Waals surface area contributed by atoms with Crippen molar-refractivity contribution in [2.45, 2.75) is 25.3 Å². The molecule has 2 heterocycles. The molecule has 2 aliphatic rings. The fourth-order valence-electron chi connectivity index (χ4n) is 3.23. The molecule has 0 radical (unpaired) electrons. The van der Waals surface area contributed by atoms with E-state index in [1.54, 1.807) is 6.07 Å². The minimum Gasteiger partial charge on any atom is -0.398 e. The molecule has 0 saturated carbocycles. The summed E-state index contributed by atoms with van der Waals surface area (Å²) in [4.78, 5) is 17.0. The highest BCUT2D eigenvalue weighted by Crippen LogP contribution is 2.24. The normalized spacial score (nSPS) is 23.4. The number of hydrogen-bond donors (Lipinski definition) is 1. The van der Waals surface area contributed by atoms with Crippen molar-refractivity contribution in [1.82, 2.24) is 9.80 Å². The maximum atomic E-state index is 12.6. The second-order valence-corrected chi connectivity index (χ2v) is 6.58. The highest BCUT2D eigenvalue weighted by molar-refractivity contribution is 9.10. The number of benzene rings is 1. The van der Waals surface area contributed by atoms with Crippen LogP contribution in [0.25, 0.3) is 0 Å². The quantitative estimate of drug-likeness (QED) is 0.842. The van der Waals surface area contributed by atoms with Crippen LogP contribution in [-0.2, 0) is 0 Å². The van der Waals surface area contributed by atoms with E-state index < -0.39 is 0 Å². The third-order valence-electron chi connectivity index (χ3n) is 4.35. The number of amides is 1. The molecule has 1 atom stereocenters. The van der Waals surface area contributed by atoms with E-state index in [0.29, 0.717) is 17.3 Å². The van der Waals surface area contributed by atoms with Gasteiger partial charge in [0.15, 0.2) is 0 Å². The van der Waals surface area contributed by atoms with Gasteiger partial charge in [-0.2, -0.15) is 0 Å². The van der Waals surface area contributed by atoms with Gasteiger partial charge in [0.1, 0.15) is 0 Å². The molecular formula is C15H20BrN3O. The molecule has 5 heteroatoms. The van der Waals surface area contributed by atoms with E-state index in [1.165, 1.54) is 25.9 Å². The Hall–Kier alpha value is -1.07. The monoisotopic (exact) mass is 337 g/mol. The maximum absolute atomic E-state index is 12.6. The van der Waals surface area contributed by atoms with Crippen LogP contribution in [0.5, 0.6) is 0 Å². The summed E-state index contributed by atoms with van der Waals surface area (Å²) in [6.07, 6.45) is 3.68. The van der Waals surface area contributed by atoms with Crippen LogP contribution in [0.2, 0.25) is 0 Å². The van der Waals surface area contributed by atoms with Gasteiger partial charge >= 0.3 is 0 Å². The standard InChI is InChI=1S/C15H20BrN3O/c16-11-3-4-13(14(17)9-11)15(20)19-8-5-12(10-19)18-6-1-2-7-18/h3-4,9,12H,1-2,5-8,10,17H2. The van der Waals surface area contributed by atoms with E-state index in [4.69, 9.17) is 5.73 Å². The van der Waals surface area contributed by atoms with Gasteiger partial charge in [0, 0.05) is 29.3 Å². The average molecular weight is 338 g/mol. The number of likely N-dealkylation sites (tertiary alicyclic amines) is 2. The molecule has 20 heavy (non-hydrogen) atoms. The van der Waals surface area contributed by atoms with Crippen LogP contribution in [0.3, 0.4) is 0 Å². The number of carbonyl (C=O) groups excluding carboxylic acids is 1. The Labute approximate surface area is 128 Å². The molecule has 1 amide bonds. The van der Waals surface area contributed by atoms with Gasteiger partial charge in [0.2, 0.25) is 0 Å². The van der Waals surface area contributed by atoms with Crippen molar-refractivity contribution < 1.29 is 4.79 Å². The van der Waals surface area contributed by atoms with Gasteiger partial charge in [-0.05, 0) is 50.6 Å². The molecule has 1 aromatic rings. The van der Waals surface area contributed by atoms with E-state index in [9.17, 15) is 4.79 Å². The molecular weight excluding hydrogens is 318 g/mol. The minimum absolute atomic E-state index is 0.0664. The predicted octanol–water partition coefficient (Wildman–Crippen LogP) is 2.34. The van der Waals surface area contributed by atoms with E-state index in [0.717, 1.165) is 24.0 Å². The van der Waals surface area contributed by atoms with Gasteiger partial charge in [-0.3, -0.25) is 9.69 Å². The summed E-state index contributed by atoms with van der Waals surface area (Å²) < 4.78 is 0.905. The molecule has 0 bridgehead atoms. The highest BCUT2D eigenvalue weighted by Gasteiger charge is 2.32. The molecule has 1 unspecified atom stereocenters. The first-order chi connectivity index (χ1) is 9.65. The minimum atomic E-state index is 0.0664. The third kappa shape index (κ3) is 2.69.